The van der Waals surface area contributed by atoms with Crippen molar-refractivity contribution in [3.63, 3.8) is 0 Å². The summed E-state index contributed by atoms with van der Waals surface area (Å²) in [5, 5.41) is 1.95. The molecule has 2 saturated heterocycles. The Morgan fingerprint density at radius 2 is 1.81 bits per heavy atom. The predicted octanol–water partition coefficient (Wildman–Crippen LogP) is 3.50. The van der Waals surface area contributed by atoms with E-state index in [4.69, 9.17) is 9.15 Å². The van der Waals surface area contributed by atoms with Crippen LogP contribution in [-0.4, -0.2) is 68.5 Å². The Bertz CT molecular complexity index is 1180. The van der Waals surface area contributed by atoms with E-state index in [0.717, 1.165) is 42.3 Å². The summed E-state index contributed by atoms with van der Waals surface area (Å²) < 4.78 is 11.7. The highest BCUT2D eigenvalue weighted by Gasteiger charge is 2.41. The van der Waals surface area contributed by atoms with E-state index in [1.807, 2.05) is 43.4 Å². The average molecular weight is 436 g/mol. The van der Waals surface area contributed by atoms with Crippen LogP contribution in [0.2, 0.25) is 0 Å². The Morgan fingerprint density at radius 1 is 1.06 bits per heavy atom. The topological polar surface area (TPSA) is 66.2 Å². The molecule has 0 aliphatic carbocycles. The molecule has 7 heteroatoms. The number of anilines is 1. The van der Waals surface area contributed by atoms with Gasteiger partial charge in [-0.15, -0.1) is 0 Å². The Kier molecular flexibility index (Phi) is 5.29. The summed E-state index contributed by atoms with van der Waals surface area (Å²) >= 11 is 0. The fourth-order valence-corrected chi connectivity index (χ4v) is 5.07. The summed E-state index contributed by atoms with van der Waals surface area (Å²) in [4.78, 5) is 32.3. The summed E-state index contributed by atoms with van der Waals surface area (Å²) in [5.74, 6) is -0.274. The van der Waals surface area contributed by atoms with Crippen LogP contribution in [0, 0.1) is 5.92 Å². The number of nitrogens with zero attached hydrogens (tertiary/aromatic N) is 3. The molecule has 0 N–H and O–H groups in total. The molecule has 7 nitrogen and oxygen atoms in total. The van der Waals surface area contributed by atoms with Gasteiger partial charge in [0.25, 0.3) is 0 Å². The molecule has 0 radical (unpaired) electrons. The molecule has 0 saturated carbocycles. The van der Waals surface area contributed by atoms with Crippen molar-refractivity contribution < 1.29 is 18.7 Å². The first-order valence-electron chi connectivity index (χ1n) is 11.2. The predicted molar refractivity (Wildman–Crippen MR) is 124 cm³/mol. The van der Waals surface area contributed by atoms with Crippen molar-refractivity contribution in [1.29, 1.82) is 0 Å². The molecule has 2 aromatic carbocycles. The lowest BCUT2D eigenvalue weighted by Gasteiger charge is -2.36. The number of ether oxygens (including phenoxy) is 1. The highest BCUT2D eigenvalue weighted by molar-refractivity contribution is 6.12. The minimum atomic E-state index is -0.643. The molecule has 3 heterocycles. The van der Waals surface area contributed by atoms with Gasteiger partial charge in [-0.1, -0.05) is 18.2 Å². The zero-order valence-electron chi connectivity index (χ0n) is 18.8. The van der Waals surface area contributed by atoms with E-state index in [2.05, 4.69) is 11.9 Å². The van der Waals surface area contributed by atoms with E-state index >= 15 is 0 Å². The quantitative estimate of drug-likeness (QED) is 0.587. The zero-order valence-corrected chi connectivity index (χ0v) is 18.8. The van der Waals surface area contributed by atoms with E-state index in [9.17, 15) is 9.59 Å². The molecule has 2 aliphatic heterocycles. The number of benzene rings is 2. The Morgan fingerprint density at radius 3 is 2.56 bits per heavy atom. The Labute approximate surface area is 187 Å². The van der Waals surface area contributed by atoms with Crippen LogP contribution in [0.5, 0.6) is 5.75 Å². The van der Waals surface area contributed by atoms with Crippen molar-refractivity contribution in [3.8, 4) is 5.75 Å². The van der Waals surface area contributed by atoms with Crippen molar-refractivity contribution in [2.24, 2.45) is 5.92 Å². The second-order valence-corrected chi connectivity index (χ2v) is 8.93. The molecule has 1 unspecified atom stereocenters. The van der Waals surface area contributed by atoms with Gasteiger partial charge in [0.15, 0.2) is 0 Å². The fraction of sp³-hybridized carbons (Fsp3) is 0.440. The van der Waals surface area contributed by atoms with Gasteiger partial charge in [-0.05, 0) is 51.5 Å². The molecule has 5 rings (SSSR count). The molecule has 0 bridgehead atoms. The van der Waals surface area contributed by atoms with E-state index in [1.165, 1.54) is 0 Å². The molecule has 3 aromatic rings. The SMILES string of the molecule is COc1cc2c(cc1N1CCC(C(=O)N(C)C3CCN(C)CC3)C1=O)oc1ccccc12. The van der Waals surface area contributed by atoms with Gasteiger partial charge < -0.3 is 23.9 Å². The van der Waals surface area contributed by atoms with Gasteiger partial charge in [0.2, 0.25) is 11.8 Å². The van der Waals surface area contributed by atoms with Gasteiger partial charge in [-0.3, -0.25) is 9.59 Å². The lowest BCUT2D eigenvalue weighted by atomic mass is 10.0. The first kappa shape index (κ1) is 20.8. The lowest BCUT2D eigenvalue weighted by molar-refractivity contribution is -0.141. The van der Waals surface area contributed by atoms with Gasteiger partial charge in [-0.25, -0.2) is 0 Å². The number of carbonyl (C=O) groups is 2. The summed E-state index contributed by atoms with van der Waals surface area (Å²) in [7, 11) is 5.54. The van der Waals surface area contributed by atoms with Crippen molar-refractivity contribution in [1.82, 2.24) is 9.80 Å². The second-order valence-electron chi connectivity index (χ2n) is 8.93. The van der Waals surface area contributed by atoms with E-state index in [-0.39, 0.29) is 17.9 Å². The molecule has 32 heavy (non-hydrogen) atoms. The smallest absolute Gasteiger partial charge is 0.239 e. The number of methoxy groups -OCH3 is 1. The lowest BCUT2D eigenvalue weighted by Crippen LogP contribution is -2.47. The third-order valence-corrected chi connectivity index (χ3v) is 7.06. The highest BCUT2D eigenvalue weighted by atomic mass is 16.5. The van der Waals surface area contributed by atoms with E-state index in [0.29, 0.717) is 30.0 Å². The maximum Gasteiger partial charge on any atom is 0.239 e. The summed E-state index contributed by atoms with van der Waals surface area (Å²) in [6, 6.07) is 11.8. The third-order valence-electron chi connectivity index (χ3n) is 7.06. The Hall–Kier alpha value is -3.06. The number of fused-ring (bicyclic) bond motifs is 3. The first-order valence-corrected chi connectivity index (χ1v) is 11.2. The Balaban J connectivity index is 1.41. The van der Waals surface area contributed by atoms with Crippen LogP contribution in [0.3, 0.4) is 0 Å². The maximum atomic E-state index is 13.3. The first-order chi connectivity index (χ1) is 15.5. The van der Waals surface area contributed by atoms with Gasteiger partial charge >= 0.3 is 0 Å². The number of rotatable bonds is 4. The zero-order chi connectivity index (χ0) is 22.4. The number of likely N-dealkylation sites (tertiary alicyclic amines) is 1. The normalized spacial score (nSPS) is 20.4. The average Bonchev–Trinajstić information content (AvgIpc) is 3.37. The molecule has 168 valence electrons. The van der Waals surface area contributed by atoms with Crippen LogP contribution in [-0.2, 0) is 9.59 Å². The largest absolute Gasteiger partial charge is 0.495 e. The monoisotopic (exact) mass is 435 g/mol. The number of amides is 2. The number of furan rings is 1. The second kappa shape index (κ2) is 8.13. The molecule has 0 spiro atoms. The van der Waals surface area contributed by atoms with Gasteiger partial charge in [0, 0.05) is 36.5 Å². The molecular formula is C25H29N3O4. The highest BCUT2D eigenvalue weighted by Crippen LogP contribution is 2.40. The molecule has 1 atom stereocenters. The minimum absolute atomic E-state index is 0.0733. The molecule has 2 fully saturated rings. The minimum Gasteiger partial charge on any atom is -0.495 e. The third kappa shape index (κ3) is 3.41. The molecule has 2 amide bonds. The summed E-state index contributed by atoms with van der Waals surface area (Å²) in [5.41, 5.74) is 2.15. The molecule has 1 aromatic heterocycles. The van der Waals surface area contributed by atoms with E-state index < -0.39 is 5.92 Å². The van der Waals surface area contributed by atoms with Gasteiger partial charge in [0.05, 0.1) is 12.8 Å². The van der Waals surface area contributed by atoms with Gasteiger partial charge in [0.1, 0.15) is 22.8 Å². The van der Waals surface area contributed by atoms with Crippen molar-refractivity contribution in [3.05, 3.63) is 36.4 Å². The number of para-hydroxylation sites is 1. The molecular weight excluding hydrogens is 406 g/mol. The van der Waals surface area contributed by atoms with Crippen LogP contribution in [0.15, 0.2) is 40.8 Å². The van der Waals surface area contributed by atoms with Crippen molar-refractivity contribution >= 4 is 39.4 Å². The van der Waals surface area contributed by atoms with Crippen LogP contribution >= 0.6 is 0 Å². The summed E-state index contributed by atoms with van der Waals surface area (Å²) in [6.07, 6.45) is 2.40. The fourth-order valence-electron chi connectivity index (χ4n) is 5.07. The number of carbonyl (C=O) groups excluding carboxylic acids is 2. The number of hydrogen-bond donors (Lipinski definition) is 0. The standard InChI is InChI=1S/C25H29N3O4/c1-26-11-8-16(9-12-26)27(2)24(29)18-10-13-28(25(18)30)20-15-22-19(14-23(20)31-3)17-6-4-5-7-21(17)32-22/h4-7,14-16,18H,8-13H2,1-3H3. The van der Waals surface area contributed by atoms with Crippen molar-refractivity contribution in [2.45, 2.75) is 25.3 Å². The number of piperidine rings is 1. The van der Waals surface area contributed by atoms with Crippen LogP contribution < -0.4 is 9.64 Å². The van der Waals surface area contributed by atoms with Crippen LogP contribution in [0.4, 0.5) is 5.69 Å². The molecule has 2 aliphatic rings. The number of hydrogen-bond acceptors (Lipinski definition) is 5. The van der Waals surface area contributed by atoms with E-state index in [1.54, 1.807) is 16.9 Å². The van der Waals surface area contributed by atoms with Crippen molar-refractivity contribution in [2.75, 3.05) is 45.7 Å². The maximum absolute atomic E-state index is 13.3. The summed E-state index contributed by atoms with van der Waals surface area (Å²) in [6.45, 7) is 2.43. The van der Waals surface area contributed by atoms with Crippen LogP contribution in [0.1, 0.15) is 19.3 Å². The van der Waals surface area contributed by atoms with Gasteiger partial charge in [-0.2, -0.15) is 0 Å². The van der Waals surface area contributed by atoms with Crippen LogP contribution in [0.25, 0.3) is 21.9 Å².